The third-order valence-electron chi connectivity index (χ3n) is 2.46. The van der Waals surface area contributed by atoms with Crippen molar-refractivity contribution in [2.45, 2.75) is 17.9 Å². The minimum atomic E-state index is -0.484. The first-order valence-corrected chi connectivity index (χ1v) is 5.96. The van der Waals surface area contributed by atoms with Crippen molar-refractivity contribution in [3.05, 3.63) is 18.0 Å². The van der Waals surface area contributed by atoms with E-state index >= 15 is 0 Å². The summed E-state index contributed by atoms with van der Waals surface area (Å²) in [4.78, 5) is 1.74. The Hall–Kier alpha value is -0.590. The molecule has 1 aliphatic heterocycles. The van der Waals surface area contributed by atoms with E-state index in [0.717, 1.165) is 16.3 Å². The fraction of sp³-hybridized carbons (Fsp3) is 0.556. The number of nitrogens with zero attached hydrogens (tertiary/aromatic N) is 3. The summed E-state index contributed by atoms with van der Waals surface area (Å²) in [5, 5.41) is 14.1. The van der Waals surface area contributed by atoms with Gasteiger partial charge in [0.1, 0.15) is 10.5 Å². The van der Waals surface area contributed by atoms with Crippen LogP contribution in [0.5, 0.6) is 0 Å². The zero-order valence-electron chi connectivity index (χ0n) is 8.62. The van der Waals surface area contributed by atoms with Crippen LogP contribution in [0, 0.1) is 0 Å². The second-order valence-corrected chi connectivity index (χ2v) is 5.55. The number of aliphatic hydroxyl groups is 1. The van der Waals surface area contributed by atoms with Crippen LogP contribution in [0.2, 0.25) is 0 Å². The van der Waals surface area contributed by atoms with Gasteiger partial charge in [0.2, 0.25) is 0 Å². The van der Waals surface area contributed by atoms with Crippen molar-refractivity contribution in [2.75, 3.05) is 7.05 Å². The van der Waals surface area contributed by atoms with Gasteiger partial charge in [0, 0.05) is 20.3 Å². The molecule has 2 heterocycles. The largest absolute Gasteiger partial charge is 0.372 e. The minimum Gasteiger partial charge on any atom is -0.372 e. The molecule has 0 spiro atoms. The normalized spacial score (nSPS) is 26.3. The highest BCUT2D eigenvalue weighted by atomic mass is 32.2. The molecule has 0 saturated carbocycles. The molecule has 0 amide bonds. The van der Waals surface area contributed by atoms with Crippen molar-refractivity contribution in [3.63, 3.8) is 0 Å². The number of aliphatic hydroxyl groups excluding tert-OH is 1. The molecule has 0 unspecified atom stereocenters. The molecule has 6 heteroatoms. The average molecular weight is 243 g/mol. The van der Waals surface area contributed by atoms with Gasteiger partial charge in [0.25, 0.3) is 0 Å². The van der Waals surface area contributed by atoms with Gasteiger partial charge in [-0.25, -0.2) is 0 Å². The zero-order valence-corrected chi connectivity index (χ0v) is 10.3. The van der Waals surface area contributed by atoms with E-state index in [2.05, 4.69) is 5.10 Å². The van der Waals surface area contributed by atoms with Crippen LogP contribution in [0.3, 0.4) is 0 Å². The first kappa shape index (κ1) is 10.9. The lowest BCUT2D eigenvalue weighted by Crippen LogP contribution is -2.33. The highest BCUT2D eigenvalue weighted by Crippen LogP contribution is 2.31. The number of thiocarbonyl (C=S) groups is 1. The maximum Gasteiger partial charge on any atom is 0.140 e. The van der Waals surface area contributed by atoms with Gasteiger partial charge in [0.05, 0.1) is 11.4 Å². The smallest absolute Gasteiger partial charge is 0.140 e. The Balaban J connectivity index is 2.04. The highest BCUT2D eigenvalue weighted by Gasteiger charge is 2.34. The van der Waals surface area contributed by atoms with Gasteiger partial charge in [0.15, 0.2) is 0 Å². The molecule has 1 aromatic heterocycles. The molecule has 2 rings (SSSR count). The van der Waals surface area contributed by atoms with E-state index in [0.29, 0.717) is 0 Å². The highest BCUT2D eigenvalue weighted by molar-refractivity contribution is 8.23. The van der Waals surface area contributed by atoms with E-state index in [-0.39, 0.29) is 5.25 Å². The fourth-order valence-electron chi connectivity index (χ4n) is 1.59. The minimum absolute atomic E-state index is 0.117. The molecule has 1 aliphatic rings. The van der Waals surface area contributed by atoms with Gasteiger partial charge in [-0.3, -0.25) is 4.68 Å². The quantitative estimate of drug-likeness (QED) is 0.771. The number of hydrogen-bond donors (Lipinski definition) is 1. The molecular formula is C9H13N3OS2. The summed E-state index contributed by atoms with van der Waals surface area (Å²) in [6, 6.07) is 0. The Labute approximate surface area is 98.3 Å². The van der Waals surface area contributed by atoms with Crippen molar-refractivity contribution in [3.8, 4) is 0 Å². The van der Waals surface area contributed by atoms with E-state index in [1.807, 2.05) is 26.5 Å². The number of thioether (sulfide) groups is 1. The van der Waals surface area contributed by atoms with Crippen LogP contribution in [0.15, 0.2) is 12.4 Å². The summed E-state index contributed by atoms with van der Waals surface area (Å²) in [7, 11) is 3.71. The molecule has 2 atom stereocenters. The zero-order chi connectivity index (χ0) is 11.0. The van der Waals surface area contributed by atoms with Crippen LogP contribution in [0.1, 0.15) is 5.56 Å². The van der Waals surface area contributed by atoms with Gasteiger partial charge in [-0.2, -0.15) is 5.10 Å². The van der Waals surface area contributed by atoms with Gasteiger partial charge < -0.3 is 10.0 Å². The van der Waals surface area contributed by atoms with E-state index < -0.39 is 6.23 Å². The summed E-state index contributed by atoms with van der Waals surface area (Å²) < 4.78 is 2.53. The van der Waals surface area contributed by atoms with Crippen LogP contribution in [-0.2, 0) is 13.5 Å². The van der Waals surface area contributed by atoms with E-state index in [4.69, 9.17) is 12.2 Å². The summed E-state index contributed by atoms with van der Waals surface area (Å²) in [5.74, 6) is 0. The molecular weight excluding hydrogens is 230 g/mol. The van der Waals surface area contributed by atoms with Crippen molar-refractivity contribution < 1.29 is 5.11 Å². The molecule has 1 N–H and O–H groups in total. The van der Waals surface area contributed by atoms with Crippen molar-refractivity contribution in [1.29, 1.82) is 0 Å². The lowest BCUT2D eigenvalue weighted by Gasteiger charge is -2.17. The third kappa shape index (κ3) is 2.16. The average Bonchev–Trinajstić information content (AvgIpc) is 2.68. The molecule has 0 aromatic carbocycles. The second kappa shape index (κ2) is 4.11. The summed E-state index contributed by atoms with van der Waals surface area (Å²) >= 11 is 6.68. The molecule has 1 aromatic rings. The SMILES string of the molecule is CN1C(=S)S[C@H](Cc2cnn(C)c2)[C@@H]1O. The van der Waals surface area contributed by atoms with Crippen LogP contribution < -0.4 is 0 Å². The van der Waals surface area contributed by atoms with Gasteiger partial charge in [-0.15, -0.1) is 0 Å². The molecule has 0 radical (unpaired) electrons. The number of hydrogen-bond acceptors (Lipinski definition) is 4. The fourth-order valence-corrected chi connectivity index (χ4v) is 3.18. The Morgan fingerprint density at radius 3 is 2.80 bits per heavy atom. The van der Waals surface area contributed by atoms with Crippen molar-refractivity contribution in [1.82, 2.24) is 14.7 Å². The lowest BCUT2D eigenvalue weighted by molar-refractivity contribution is 0.0771. The maximum atomic E-state index is 9.89. The standard InChI is InChI=1S/C9H13N3OS2/c1-11-5-6(4-10-11)3-7-8(13)12(2)9(14)15-7/h4-5,7-8,13H,3H2,1-2H3/t7-,8+/m1/s1. The topological polar surface area (TPSA) is 41.3 Å². The Kier molecular flexibility index (Phi) is 2.99. The Morgan fingerprint density at radius 1 is 1.60 bits per heavy atom. The number of aromatic nitrogens is 2. The van der Waals surface area contributed by atoms with Gasteiger partial charge >= 0.3 is 0 Å². The van der Waals surface area contributed by atoms with Gasteiger partial charge in [-0.05, 0) is 12.0 Å². The third-order valence-corrected chi connectivity index (χ3v) is 4.24. The molecule has 1 saturated heterocycles. The first-order valence-electron chi connectivity index (χ1n) is 4.67. The lowest BCUT2D eigenvalue weighted by atomic mass is 10.2. The molecule has 82 valence electrons. The van der Waals surface area contributed by atoms with Crippen molar-refractivity contribution in [2.24, 2.45) is 7.05 Å². The second-order valence-electron chi connectivity index (χ2n) is 3.67. The summed E-state index contributed by atoms with van der Waals surface area (Å²) in [6.45, 7) is 0. The Morgan fingerprint density at radius 2 is 2.33 bits per heavy atom. The monoisotopic (exact) mass is 243 g/mol. The summed E-state index contributed by atoms with van der Waals surface area (Å²) in [5.41, 5.74) is 1.13. The van der Waals surface area contributed by atoms with E-state index in [9.17, 15) is 5.11 Å². The number of rotatable bonds is 2. The summed E-state index contributed by atoms with van der Waals surface area (Å²) in [6.07, 6.45) is 4.11. The molecule has 15 heavy (non-hydrogen) atoms. The van der Waals surface area contributed by atoms with Crippen LogP contribution >= 0.6 is 24.0 Å². The molecule has 0 aliphatic carbocycles. The van der Waals surface area contributed by atoms with E-state index in [1.165, 1.54) is 0 Å². The molecule has 4 nitrogen and oxygen atoms in total. The van der Waals surface area contributed by atoms with Gasteiger partial charge in [-0.1, -0.05) is 24.0 Å². The van der Waals surface area contributed by atoms with E-state index in [1.54, 1.807) is 21.3 Å². The van der Waals surface area contributed by atoms with Crippen LogP contribution in [0.25, 0.3) is 0 Å². The molecule has 1 fully saturated rings. The van der Waals surface area contributed by atoms with Crippen LogP contribution in [-0.4, -0.2) is 42.6 Å². The van der Waals surface area contributed by atoms with Crippen LogP contribution in [0.4, 0.5) is 0 Å². The first-order chi connectivity index (χ1) is 7.08. The molecule has 0 bridgehead atoms. The maximum absolute atomic E-state index is 9.89. The van der Waals surface area contributed by atoms with Crippen molar-refractivity contribution >= 4 is 28.3 Å². The number of aryl methyl sites for hydroxylation is 1. The Bertz CT molecular complexity index is 379. The predicted molar refractivity (Wildman–Crippen MR) is 64.7 cm³/mol. The predicted octanol–water partition coefficient (Wildman–Crippen LogP) is 0.613.